The molecule has 0 spiro atoms. The molecule has 2 aromatic carbocycles. The molecule has 0 bridgehead atoms. The second-order valence-corrected chi connectivity index (χ2v) is 7.56. The van der Waals surface area contributed by atoms with Gasteiger partial charge in [-0.05, 0) is 49.9 Å². The molecule has 3 rings (SSSR count). The summed E-state index contributed by atoms with van der Waals surface area (Å²) in [5, 5.41) is 5.46. The lowest BCUT2D eigenvalue weighted by molar-refractivity contribution is -0.131. The number of hydrogen-bond acceptors (Lipinski definition) is 3. The predicted molar refractivity (Wildman–Crippen MR) is 117 cm³/mol. The van der Waals surface area contributed by atoms with Gasteiger partial charge in [0.1, 0.15) is 6.04 Å². The molecule has 0 saturated carbocycles. The van der Waals surface area contributed by atoms with Crippen molar-refractivity contribution in [3.8, 4) is 0 Å². The van der Waals surface area contributed by atoms with Gasteiger partial charge in [-0.2, -0.15) is 0 Å². The number of para-hydroxylation sites is 2. The summed E-state index contributed by atoms with van der Waals surface area (Å²) in [7, 11) is 1.78. The zero-order chi connectivity index (χ0) is 20.6. The number of anilines is 2. The summed E-state index contributed by atoms with van der Waals surface area (Å²) in [6.45, 7) is 4.34. The van der Waals surface area contributed by atoms with Crippen LogP contribution in [0.2, 0.25) is 0 Å². The van der Waals surface area contributed by atoms with Crippen LogP contribution >= 0.6 is 0 Å². The van der Waals surface area contributed by atoms with Crippen molar-refractivity contribution in [2.45, 2.75) is 38.8 Å². The number of nitrogens with one attached hydrogen (secondary N) is 2. The zero-order valence-electron chi connectivity index (χ0n) is 17.2. The van der Waals surface area contributed by atoms with E-state index in [0.29, 0.717) is 12.2 Å². The molecule has 1 fully saturated rings. The molecule has 6 nitrogen and oxygen atoms in total. The highest BCUT2D eigenvalue weighted by Crippen LogP contribution is 2.25. The van der Waals surface area contributed by atoms with Crippen LogP contribution in [0.5, 0.6) is 0 Å². The van der Waals surface area contributed by atoms with E-state index in [0.717, 1.165) is 18.7 Å². The van der Waals surface area contributed by atoms with Gasteiger partial charge < -0.3 is 20.4 Å². The van der Waals surface area contributed by atoms with Crippen molar-refractivity contribution in [2.24, 2.45) is 0 Å². The average Bonchev–Trinajstić information content (AvgIpc) is 2.74. The first-order valence-corrected chi connectivity index (χ1v) is 10.2. The van der Waals surface area contributed by atoms with Gasteiger partial charge in [0.2, 0.25) is 5.91 Å². The Morgan fingerprint density at radius 3 is 2.38 bits per heavy atom. The Morgan fingerprint density at radius 2 is 1.66 bits per heavy atom. The molecule has 1 aliphatic rings. The van der Waals surface area contributed by atoms with Crippen molar-refractivity contribution in [1.82, 2.24) is 10.2 Å². The van der Waals surface area contributed by atoms with Gasteiger partial charge in [0, 0.05) is 38.1 Å². The number of likely N-dealkylation sites (N-methyl/N-ethyl adjacent to an activating group) is 1. The van der Waals surface area contributed by atoms with E-state index >= 15 is 0 Å². The Labute approximate surface area is 172 Å². The fourth-order valence-corrected chi connectivity index (χ4v) is 3.70. The van der Waals surface area contributed by atoms with Crippen LogP contribution in [0.3, 0.4) is 0 Å². The van der Waals surface area contributed by atoms with Gasteiger partial charge in [-0.1, -0.05) is 36.4 Å². The summed E-state index contributed by atoms with van der Waals surface area (Å²) in [6, 6.07) is 16.4. The van der Waals surface area contributed by atoms with E-state index in [2.05, 4.69) is 27.7 Å². The molecule has 3 amide bonds. The maximum atomic E-state index is 12.8. The third-order valence-corrected chi connectivity index (χ3v) is 5.22. The first kappa shape index (κ1) is 20.7. The Bertz CT molecular complexity index is 819. The van der Waals surface area contributed by atoms with Crippen molar-refractivity contribution in [1.29, 1.82) is 0 Å². The molecule has 0 unspecified atom stereocenters. The summed E-state index contributed by atoms with van der Waals surface area (Å²) < 4.78 is 0. The molecule has 2 N–H and O–H groups in total. The number of rotatable bonds is 6. The van der Waals surface area contributed by atoms with Crippen molar-refractivity contribution in [3.63, 3.8) is 0 Å². The minimum atomic E-state index is -0.620. The second-order valence-electron chi connectivity index (χ2n) is 7.56. The SMILES string of the molecule is C[C@H](NC(=O)Nc1ccccc1)C(=O)N(C)Cc1ccccc1N1CCCCC1. The molecule has 0 radical (unpaired) electrons. The van der Waals surface area contributed by atoms with Gasteiger partial charge >= 0.3 is 6.03 Å². The fourth-order valence-electron chi connectivity index (χ4n) is 3.70. The Balaban J connectivity index is 1.58. The number of carbonyl (C=O) groups is 2. The van der Waals surface area contributed by atoms with E-state index < -0.39 is 6.04 Å². The van der Waals surface area contributed by atoms with E-state index in [9.17, 15) is 9.59 Å². The minimum Gasteiger partial charge on any atom is -0.371 e. The largest absolute Gasteiger partial charge is 0.371 e. The lowest BCUT2D eigenvalue weighted by atomic mass is 10.1. The molecule has 0 aromatic heterocycles. The number of hydrogen-bond donors (Lipinski definition) is 2. The summed E-state index contributed by atoms with van der Waals surface area (Å²) in [5.74, 6) is -0.123. The van der Waals surface area contributed by atoms with Crippen LogP contribution in [0, 0.1) is 0 Å². The van der Waals surface area contributed by atoms with Gasteiger partial charge in [0.25, 0.3) is 0 Å². The van der Waals surface area contributed by atoms with Crippen molar-refractivity contribution in [3.05, 3.63) is 60.2 Å². The van der Waals surface area contributed by atoms with Gasteiger partial charge in [0.15, 0.2) is 0 Å². The summed E-state index contributed by atoms with van der Waals surface area (Å²) in [6.07, 6.45) is 3.70. The second kappa shape index (κ2) is 9.96. The topological polar surface area (TPSA) is 64.7 Å². The minimum absolute atomic E-state index is 0.123. The highest BCUT2D eigenvalue weighted by Gasteiger charge is 2.21. The van der Waals surface area contributed by atoms with Crippen LogP contribution in [-0.4, -0.2) is 43.0 Å². The maximum absolute atomic E-state index is 12.8. The summed E-state index contributed by atoms with van der Waals surface area (Å²) >= 11 is 0. The Kier molecular flexibility index (Phi) is 7.11. The summed E-state index contributed by atoms with van der Waals surface area (Å²) in [5.41, 5.74) is 3.02. The normalized spacial score (nSPS) is 14.8. The standard InChI is InChI=1S/C23H30N4O2/c1-18(24-23(29)25-20-12-5-3-6-13-20)22(28)26(2)17-19-11-7-8-14-21(19)27-15-9-4-10-16-27/h3,5-8,11-14,18H,4,9-10,15-17H2,1-2H3,(H2,24,25,29)/t18-/m0/s1. The first-order chi connectivity index (χ1) is 14.0. The van der Waals surface area contributed by atoms with Crippen LogP contribution in [0.15, 0.2) is 54.6 Å². The van der Waals surface area contributed by atoms with E-state index in [-0.39, 0.29) is 11.9 Å². The number of piperidine rings is 1. The number of benzene rings is 2. The van der Waals surface area contributed by atoms with Crippen LogP contribution < -0.4 is 15.5 Å². The number of urea groups is 1. The van der Waals surface area contributed by atoms with Crippen LogP contribution in [0.25, 0.3) is 0 Å². The van der Waals surface area contributed by atoms with Crippen molar-refractivity contribution in [2.75, 3.05) is 30.4 Å². The van der Waals surface area contributed by atoms with Crippen LogP contribution in [0.1, 0.15) is 31.7 Å². The molecular formula is C23H30N4O2. The van der Waals surface area contributed by atoms with E-state index in [1.807, 2.05) is 30.3 Å². The number of amides is 3. The molecule has 1 heterocycles. The first-order valence-electron chi connectivity index (χ1n) is 10.2. The molecule has 1 saturated heterocycles. The highest BCUT2D eigenvalue weighted by atomic mass is 16.2. The maximum Gasteiger partial charge on any atom is 0.319 e. The molecule has 154 valence electrons. The molecule has 6 heteroatoms. The zero-order valence-corrected chi connectivity index (χ0v) is 17.2. The van der Waals surface area contributed by atoms with Gasteiger partial charge in [-0.15, -0.1) is 0 Å². The van der Waals surface area contributed by atoms with Crippen molar-refractivity contribution >= 4 is 23.3 Å². The number of nitrogens with zero attached hydrogens (tertiary/aromatic N) is 2. The molecule has 1 atom stereocenters. The van der Waals surface area contributed by atoms with Crippen molar-refractivity contribution < 1.29 is 9.59 Å². The predicted octanol–water partition coefficient (Wildman–Crippen LogP) is 3.85. The van der Waals surface area contributed by atoms with E-state index in [1.165, 1.54) is 24.9 Å². The van der Waals surface area contributed by atoms with Gasteiger partial charge in [-0.25, -0.2) is 4.79 Å². The van der Waals surface area contributed by atoms with Crippen LogP contribution in [0.4, 0.5) is 16.2 Å². The average molecular weight is 395 g/mol. The highest BCUT2D eigenvalue weighted by molar-refractivity contribution is 5.93. The van der Waals surface area contributed by atoms with Crippen LogP contribution in [-0.2, 0) is 11.3 Å². The lowest BCUT2D eigenvalue weighted by Crippen LogP contribution is -2.46. The number of carbonyl (C=O) groups excluding carboxylic acids is 2. The molecule has 0 aliphatic carbocycles. The molecular weight excluding hydrogens is 364 g/mol. The third kappa shape index (κ3) is 5.73. The van der Waals surface area contributed by atoms with E-state index in [4.69, 9.17) is 0 Å². The Hall–Kier alpha value is -3.02. The van der Waals surface area contributed by atoms with E-state index in [1.54, 1.807) is 31.0 Å². The van der Waals surface area contributed by atoms with Gasteiger partial charge in [-0.3, -0.25) is 4.79 Å². The molecule has 1 aliphatic heterocycles. The quantitative estimate of drug-likeness (QED) is 0.782. The molecule has 2 aromatic rings. The fraction of sp³-hybridized carbons (Fsp3) is 0.391. The lowest BCUT2D eigenvalue weighted by Gasteiger charge is -2.32. The molecule has 29 heavy (non-hydrogen) atoms. The third-order valence-electron chi connectivity index (χ3n) is 5.22. The Morgan fingerprint density at radius 1 is 1.00 bits per heavy atom. The smallest absolute Gasteiger partial charge is 0.319 e. The summed E-state index contributed by atoms with van der Waals surface area (Å²) in [4.78, 5) is 29.0. The monoisotopic (exact) mass is 394 g/mol. The van der Waals surface area contributed by atoms with Gasteiger partial charge in [0.05, 0.1) is 0 Å².